The summed E-state index contributed by atoms with van der Waals surface area (Å²) < 4.78 is 0.885. The minimum absolute atomic E-state index is 0.0353. The zero-order chi connectivity index (χ0) is 27.5. The molecule has 4 aromatic carbocycles. The average Bonchev–Trinajstić information content (AvgIpc) is 3.23. The molecule has 0 spiro atoms. The summed E-state index contributed by atoms with van der Waals surface area (Å²) in [7, 11) is 0. The Morgan fingerprint density at radius 2 is 1.77 bits per heavy atom. The van der Waals surface area contributed by atoms with Gasteiger partial charge in [0.05, 0.1) is 24.1 Å². The van der Waals surface area contributed by atoms with Gasteiger partial charge in [0.2, 0.25) is 0 Å². The molecule has 1 fully saturated rings. The van der Waals surface area contributed by atoms with Crippen molar-refractivity contribution in [2.24, 2.45) is 5.41 Å². The first kappa shape index (κ1) is 24.9. The van der Waals surface area contributed by atoms with Gasteiger partial charge in [0.15, 0.2) is 11.2 Å². The van der Waals surface area contributed by atoms with Crippen LogP contribution in [0.1, 0.15) is 38.5 Å². The van der Waals surface area contributed by atoms with Crippen LogP contribution in [-0.4, -0.2) is 23.0 Å². The molecule has 3 atom stereocenters. The normalized spacial score (nSPS) is 20.6. The number of phenols is 1. The summed E-state index contributed by atoms with van der Waals surface area (Å²) in [6.07, 6.45) is 3.76. The number of aryl methyl sites for hydroxylation is 2. The van der Waals surface area contributed by atoms with Crippen LogP contribution in [0.3, 0.4) is 0 Å². The van der Waals surface area contributed by atoms with Gasteiger partial charge in [-0.15, -0.1) is 0 Å². The molecule has 5 nitrogen and oxygen atoms in total. The zero-order valence-corrected chi connectivity index (χ0v) is 23.0. The molecular formula is C33H24BrN3O2. The number of fused-ring (bicyclic) bond motifs is 4. The summed E-state index contributed by atoms with van der Waals surface area (Å²) in [6, 6.07) is 25.5. The molecule has 3 unspecified atom stereocenters. The highest BCUT2D eigenvalue weighted by Crippen LogP contribution is 2.58. The quantitative estimate of drug-likeness (QED) is 0.261. The Labute approximate surface area is 235 Å². The highest BCUT2D eigenvalue weighted by atomic mass is 79.9. The van der Waals surface area contributed by atoms with Crippen molar-refractivity contribution in [1.29, 1.82) is 10.5 Å². The molecule has 0 aliphatic carbocycles. The van der Waals surface area contributed by atoms with Crippen LogP contribution in [0.25, 0.3) is 16.8 Å². The Bertz CT molecular complexity index is 1780. The summed E-state index contributed by atoms with van der Waals surface area (Å²) >= 11 is 3.54. The Morgan fingerprint density at radius 3 is 2.51 bits per heavy atom. The minimum atomic E-state index is -1.65. The van der Waals surface area contributed by atoms with Gasteiger partial charge in [-0.2, -0.15) is 10.5 Å². The first-order chi connectivity index (χ1) is 18.8. The van der Waals surface area contributed by atoms with Crippen molar-refractivity contribution in [2.45, 2.75) is 31.8 Å². The van der Waals surface area contributed by atoms with Crippen LogP contribution in [0.5, 0.6) is 5.75 Å². The largest absolute Gasteiger partial charge is 0.508 e. The van der Waals surface area contributed by atoms with Crippen LogP contribution >= 0.6 is 15.9 Å². The van der Waals surface area contributed by atoms with Gasteiger partial charge in [0.1, 0.15) is 11.8 Å². The Kier molecular flexibility index (Phi) is 5.83. The predicted octanol–water partition coefficient (Wildman–Crippen LogP) is 7.21. The SMILES string of the molecule is Cc1ccc(C(=O)C2C(c3c(O)ccc4ccccc34)C(C#N)(C#N)C3C=Cc4cc(Br)ccc4N23)c(C)c1. The van der Waals surface area contributed by atoms with Gasteiger partial charge in [0, 0.05) is 21.3 Å². The van der Waals surface area contributed by atoms with E-state index in [1.165, 1.54) is 0 Å². The van der Waals surface area contributed by atoms with Crippen molar-refractivity contribution in [2.75, 3.05) is 4.90 Å². The Morgan fingerprint density at radius 1 is 1.00 bits per heavy atom. The third kappa shape index (κ3) is 3.60. The molecule has 0 radical (unpaired) electrons. The number of carbonyl (C=O) groups excluding carboxylic acids is 1. The lowest BCUT2D eigenvalue weighted by molar-refractivity contribution is 0.0950. The smallest absolute Gasteiger partial charge is 0.186 e. The van der Waals surface area contributed by atoms with Gasteiger partial charge in [-0.05, 0) is 60.0 Å². The number of carbonyl (C=O) groups is 1. The number of ketones is 1. The molecule has 0 amide bonds. The van der Waals surface area contributed by atoms with Crippen LogP contribution in [0.4, 0.5) is 5.69 Å². The van der Waals surface area contributed by atoms with E-state index >= 15 is 0 Å². The molecule has 190 valence electrons. The van der Waals surface area contributed by atoms with Crippen molar-refractivity contribution in [1.82, 2.24) is 0 Å². The number of hydrogen-bond acceptors (Lipinski definition) is 5. The third-order valence-corrected chi connectivity index (χ3v) is 8.64. The lowest BCUT2D eigenvalue weighted by Gasteiger charge is -2.35. The number of benzene rings is 4. The van der Waals surface area contributed by atoms with Gasteiger partial charge >= 0.3 is 0 Å². The molecule has 0 aromatic heterocycles. The number of rotatable bonds is 3. The van der Waals surface area contributed by atoms with Crippen LogP contribution in [0.2, 0.25) is 0 Å². The average molecular weight is 574 g/mol. The maximum Gasteiger partial charge on any atom is 0.186 e. The lowest BCUT2D eigenvalue weighted by atomic mass is 9.68. The number of hydrogen-bond donors (Lipinski definition) is 1. The Hall–Kier alpha value is -4.39. The van der Waals surface area contributed by atoms with Crippen LogP contribution in [0, 0.1) is 41.9 Å². The number of aromatic hydroxyl groups is 1. The second-order valence-electron chi connectivity index (χ2n) is 10.3. The van der Waals surface area contributed by atoms with E-state index in [0.29, 0.717) is 11.1 Å². The van der Waals surface area contributed by atoms with Crippen molar-refractivity contribution in [3.05, 3.63) is 111 Å². The highest BCUT2D eigenvalue weighted by molar-refractivity contribution is 9.10. The van der Waals surface area contributed by atoms with Crippen molar-refractivity contribution >= 4 is 44.2 Å². The first-order valence-electron chi connectivity index (χ1n) is 12.7. The lowest BCUT2D eigenvalue weighted by Crippen LogP contribution is -2.44. The van der Waals surface area contributed by atoms with Crippen LogP contribution < -0.4 is 4.90 Å². The maximum absolute atomic E-state index is 14.7. The van der Waals surface area contributed by atoms with E-state index in [2.05, 4.69) is 28.1 Å². The molecule has 2 heterocycles. The van der Waals surface area contributed by atoms with E-state index in [1.807, 2.05) is 97.6 Å². The summed E-state index contributed by atoms with van der Waals surface area (Å²) in [5.41, 5.74) is 2.85. The van der Waals surface area contributed by atoms with E-state index in [9.17, 15) is 20.4 Å². The van der Waals surface area contributed by atoms with Gasteiger partial charge in [0.25, 0.3) is 0 Å². The topological polar surface area (TPSA) is 88.1 Å². The number of halogens is 1. The molecule has 39 heavy (non-hydrogen) atoms. The number of nitrogens with zero attached hydrogens (tertiary/aromatic N) is 3. The van der Waals surface area contributed by atoms with Crippen molar-refractivity contribution in [3.8, 4) is 17.9 Å². The van der Waals surface area contributed by atoms with Gasteiger partial charge < -0.3 is 10.0 Å². The van der Waals surface area contributed by atoms with Gasteiger partial charge in [-0.25, -0.2) is 0 Å². The highest BCUT2D eigenvalue weighted by Gasteiger charge is 2.64. The standard InChI is InChI=1S/C33H24BrN3O2/c1-19-7-11-24(20(2)15-19)32(39)31-30(29-25-6-4-3-5-21(25)8-13-27(29)38)33(17-35,18-36)28-14-9-22-16-23(34)10-12-26(22)37(28)31/h3-16,28,30-31,38H,1-2H3. The predicted molar refractivity (Wildman–Crippen MR) is 155 cm³/mol. The van der Waals surface area contributed by atoms with E-state index in [1.54, 1.807) is 6.07 Å². The second kappa shape index (κ2) is 9.12. The molecule has 6 rings (SSSR count). The fourth-order valence-corrected chi connectivity index (χ4v) is 6.82. The first-order valence-corrected chi connectivity index (χ1v) is 13.5. The minimum Gasteiger partial charge on any atom is -0.508 e. The number of phenolic OH excluding ortho intramolecular Hbond substituents is 1. The molecule has 2 aliphatic rings. The van der Waals surface area contributed by atoms with E-state index in [4.69, 9.17) is 0 Å². The summed E-state index contributed by atoms with van der Waals surface area (Å²) in [6.45, 7) is 3.88. The summed E-state index contributed by atoms with van der Waals surface area (Å²) in [5, 5.41) is 34.5. The van der Waals surface area contributed by atoms with Gasteiger partial charge in [-0.3, -0.25) is 4.79 Å². The molecule has 6 heteroatoms. The third-order valence-electron chi connectivity index (χ3n) is 8.14. The molecule has 1 N–H and O–H groups in total. The fourth-order valence-electron chi connectivity index (χ4n) is 6.44. The van der Waals surface area contributed by atoms with Crippen LogP contribution in [0.15, 0.2) is 83.3 Å². The second-order valence-corrected chi connectivity index (χ2v) is 11.2. The van der Waals surface area contributed by atoms with E-state index in [0.717, 1.165) is 37.6 Å². The number of Topliss-reactive ketones (excluding diaryl/α,β-unsaturated/α-hetero) is 1. The monoisotopic (exact) mass is 573 g/mol. The molecule has 2 aliphatic heterocycles. The maximum atomic E-state index is 14.7. The van der Waals surface area contributed by atoms with E-state index in [-0.39, 0.29) is 11.5 Å². The van der Waals surface area contributed by atoms with Crippen molar-refractivity contribution < 1.29 is 9.90 Å². The summed E-state index contributed by atoms with van der Waals surface area (Å²) in [4.78, 5) is 16.6. The van der Waals surface area contributed by atoms with Crippen LogP contribution in [-0.2, 0) is 0 Å². The number of anilines is 1. The fraction of sp³-hybridized carbons (Fsp3) is 0.182. The molecule has 0 bridgehead atoms. The molecule has 0 saturated carbocycles. The molecule has 1 saturated heterocycles. The summed E-state index contributed by atoms with van der Waals surface area (Å²) in [5.74, 6) is -1.16. The molecular weight excluding hydrogens is 550 g/mol. The number of nitriles is 2. The Balaban J connectivity index is 1.70. The van der Waals surface area contributed by atoms with Gasteiger partial charge in [-0.1, -0.05) is 82.2 Å². The van der Waals surface area contributed by atoms with E-state index < -0.39 is 23.4 Å². The zero-order valence-electron chi connectivity index (χ0n) is 21.4. The molecule has 4 aromatic rings. The van der Waals surface area contributed by atoms with Crippen molar-refractivity contribution in [3.63, 3.8) is 0 Å².